The van der Waals surface area contributed by atoms with Crippen LogP contribution in [0.3, 0.4) is 0 Å². The molecular formula is C29H34ClN3O5S2. The van der Waals surface area contributed by atoms with Crippen LogP contribution in [0.15, 0.2) is 53.4 Å². The molecule has 0 bridgehead atoms. The molecule has 2 aromatic carbocycles. The van der Waals surface area contributed by atoms with Crippen molar-refractivity contribution in [2.24, 2.45) is 0 Å². The maximum atomic E-state index is 12.9. The summed E-state index contributed by atoms with van der Waals surface area (Å²) in [5.74, 6) is -0.435. The molecule has 2 N–H and O–H groups in total. The number of amides is 1. The molecule has 0 unspecified atom stereocenters. The average molecular weight is 604 g/mol. The summed E-state index contributed by atoms with van der Waals surface area (Å²) >= 11 is 7.35. The van der Waals surface area contributed by atoms with Gasteiger partial charge >= 0.3 is 5.97 Å². The fourth-order valence-electron chi connectivity index (χ4n) is 4.69. The van der Waals surface area contributed by atoms with E-state index in [0.29, 0.717) is 35.8 Å². The number of nitrogens with zero attached hydrogens (tertiary/aromatic N) is 1. The number of halogens is 1. The summed E-state index contributed by atoms with van der Waals surface area (Å²) < 4.78 is 29.9. The largest absolute Gasteiger partial charge is 0.461 e. The van der Waals surface area contributed by atoms with Crippen molar-refractivity contribution >= 4 is 49.8 Å². The molecule has 4 rings (SSSR count). The van der Waals surface area contributed by atoms with Gasteiger partial charge in [-0.2, -0.15) is 0 Å². The van der Waals surface area contributed by atoms with Gasteiger partial charge in [0.2, 0.25) is 5.91 Å². The molecule has 0 radical (unpaired) electrons. The summed E-state index contributed by atoms with van der Waals surface area (Å²) in [4.78, 5) is 30.8. The molecule has 1 aliphatic carbocycles. The molecule has 1 fully saturated rings. The molecule has 8 nitrogen and oxygen atoms in total. The average Bonchev–Trinajstić information content (AvgIpc) is 3.55. The second kappa shape index (κ2) is 13.7. The zero-order chi connectivity index (χ0) is 28.7. The minimum Gasteiger partial charge on any atom is -0.461 e. The SMILES string of the molecule is Cc1nc(NC(=O)CCCN[C@@H](Cc2ccccc2)C(=O)OC2CCCC2)sc1-c1ccc(Cl)c(S(C)(=O)=O)c1. The number of hydrogen-bond acceptors (Lipinski definition) is 8. The lowest BCUT2D eigenvalue weighted by atomic mass is 10.1. The van der Waals surface area contributed by atoms with E-state index < -0.39 is 15.9 Å². The van der Waals surface area contributed by atoms with Crippen molar-refractivity contribution in [3.8, 4) is 10.4 Å². The van der Waals surface area contributed by atoms with Crippen LogP contribution in [0, 0.1) is 6.92 Å². The Kier molecular flexibility index (Phi) is 10.3. The van der Waals surface area contributed by atoms with Gasteiger partial charge in [-0.15, -0.1) is 0 Å². The van der Waals surface area contributed by atoms with Crippen molar-refractivity contribution in [2.45, 2.75) is 68.9 Å². The molecule has 1 atom stereocenters. The number of sulfone groups is 1. The standard InChI is InChI=1S/C29H34ClN3O5S2/c1-19-27(21-14-15-23(30)25(18-21)40(2,36)37)39-29(32-19)33-26(34)13-8-16-31-24(17-20-9-4-3-5-10-20)28(35)38-22-11-6-7-12-22/h3-5,9-10,14-15,18,22,24,31H,6-8,11-13,16-17H2,1-2H3,(H,32,33,34)/t24-/m0/s1. The van der Waals surface area contributed by atoms with Crippen LogP contribution in [0.1, 0.15) is 49.8 Å². The molecule has 1 aliphatic rings. The molecule has 214 valence electrons. The third-order valence-electron chi connectivity index (χ3n) is 6.76. The van der Waals surface area contributed by atoms with Crippen LogP contribution in [0.2, 0.25) is 5.02 Å². The summed E-state index contributed by atoms with van der Waals surface area (Å²) in [6, 6.07) is 14.1. The molecule has 3 aromatic rings. The molecular weight excluding hydrogens is 570 g/mol. The maximum absolute atomic E-state index is 12.9. The second-order valence-electron chi connectivity index (χ2n) is 10.0. The van der Waals surface area contributed by atoms with E-state index in [-0.39, 0.29) is 34.3 Å². The normalized spacial score (nSPS) is 14.7. The van der Waals surface area contributed by atoms with Crippen molar-refractivity contribution in [3.05, 3.63) is 64.8 Å². The maximum Gasteiger partial charge on any atom is 0.323 e. The highest BCUT2D eigenvalue weighted by Gasteiger charge is 2.25. The van der Waals surface area contributed by atoms with Gasteiger partial charge in [-0.3, -0.25) is 9.59 Å². The van der Waals surface area contributed by atoms with Crippen molar-refractivity contribution < 1.29 is 22.7 Å². The fraction of sp³-hybridized carbons (Fsp3) is 0.414. The Labute approximate surface area is 244 Å². The van der Waals surface area contributed by atoms with Gasteiger partial charge in [0.15, 0.2) is 15.0 Å². The lowest BCUT2D eigenvalue weighted by molar-refractivity contribution is -0.151. The molecule has 0 aliphatic heterocycles. The third-order valence-corrected chi connectivity index (χ3v) is 9.46. The van der Waals surface area contributed by atoms with Crippen LogP contribution in [0.5, 0.6) is 0 Å². The Bertz CT molecular complexity index is 1440. The number of thiazole rings is 1. The Morgan fingerprint density at radius 3 is 2.58 bits per heavy atom. The van der Waals surface area contributed by atoms with E-state index in [1.807, 2.05) is 30.3 Å². The smallest absolute Gasteiger partial charge is 0.323 e. The van der Waals surface area contributed by atoms with Gasteiger partial charge in [0.25, 0.3) is 0 Å². The summed E-state index contributed by atoms with van der Waals surface area (Å²) in [6.07, 6.45) is 6.41. The molecule has 0 saturated heterocycles. The van der Waals surface area contributed by atoms with Crippen LogP contribution in [-0.4, -0.2) is 50.2 Å². The topological polar surface area (TPSA) is 114 Å². The van der Waals surface area contributed by atoms with Gasteiger partial charge in [0.1, 0.15) is 12.1 Å². The number of esters is 1. The third kappa shape index (κ3) is 8.36. The van der Waals surface area contributed by atoms with Crippen molar-refractivity contribution in [1.82, 2.24) is 10.3 Å². The number of aryl methyl sites for hydroxylation is 1. The highest BCUT2D eigenvalue weighted by atomic mass is 35.5. The molecule has 11 heteroatoms. The highest BCUT2D eigenvalue weighted by molar-refractivity contribution is 7.90. The number of carbonyl (C=O) groups is 2. The zero-order valence-corrected chi connectivity index (χ0v) is 25.0. The first kappa shape index (κ1) is 30.2. The van der Waals surface area contributed by atoms with E-state index in [0.717, 1.165) is 42.4 Å². The Balaban J connectivity index is 1.31. The first-order valence-electron chi connectivity index (χ1n) is 13.3. The molecule has 1 aromatic heterocycles. The summed E-state index contributed by atoms with van der Waals surface area (Å²) in [5, 5.41) is 6.72. The zero-order valence-electron chi connectivity index (χ0n) is 22.6. The quantitative estimate of drug-likeness (QED) is 0.205. The fourth-order valence-corrected chi connectivity index (χ4v) is 6.97. The van der Waals surface area contributed by atoms with Gasteiger partial charge in [-0.05, 0) is 75.3 Å². The first-order valence-corrected chi connectivity index (χ1v) is 16.4. The minimum atomic E-state index is -3.49. The second-order valence-corrected chi connectivity index (χ2v) is 13.4. The summed E-state index contributed by atoms with van der Waals surface area (Å²) in [7, 11) is -3.49. The number of ether oxygens (including phenoxy) is 1. The molecule has 40 heavy (non-hydrogen) atoms. The lowest BCUT2D eigenvalue weighted by Gasteiger charge is -2.20. The number of rotatable bonds is 12. The summed E-state index contributed by atoms with van der Waals surface area (Å²) in [6.45, 7) is 2.28. The number of benzene rings is 2. The van der Waals surface area contributed by atoms with Gasteiger partial charge in [-0.25, -0.2) is 13.4 Å². The monoisotopic (exact) mass is 603 g/mol. The van der Waals surface area contributed by atoms with Crippen LogP contribution in [0.4, 0.5) is 5.13 Å². The Morgan fingerprint density at radius 1 is 1.15 bits per heavy atom. The highest BCUT2D eigenvalue weighted by Crippen LogP contribution is 2.35. The van der Waals surface area contributed by atoms with Gasteiger partial charge < -0.3 is 15.4 Å². The van der Waals surface area contributed by atoms with E-state index in [4.69, 9.17) is 16.3 Å². The molecule has 1 saturated carbocycles. The number of carbonyl (C=O) groups excluding carboxylic acids is 2. The van der Waals surface area contributed by atoms with Gasteiger partial charge in [-0.1, -0.05) is 59.3 Å². The lowest BCUT2D eigenvalue weighted by Crippen LogP contribution is -2.41. The molecule has 1 amide bonds. The molecule has 1 heterocycles. The van der Waals surface area contributed by atoms with Crippen LogP contribution in [-0.2, 0) is 30.6 Å². The number of hydrogen-bond donors (Lipinski definition) is 2. The van der Waals surface area contributed by atoms with Crippen molar-refractivity contribution in [2.75, 3.05) is 18.1 Å². The Morgan fingerprint density at radius 2 is 1.88 bits per heavy atom. The first-order chi connectivity index (χ1) is 19.1. The van der Waals surface area contributed by atoms with Gasteiger partial charge in [0.05, 0.1) is 20.5 Å². The van der Waals surface area contributed by atoms with Crippen LogP contribution >= 0.6 is 22.9 Å². The predicted molar refractivity (Wildman–Crippen MR) is 159 cm³/mol. The van der Waals surface area contributed by atoms with Crippen LogP contribution in [0.25, 0.3) is 10.4 Å². The van der Waals surface area contributed by atoms with E-state index in [9.17, 15) is 18.0 Å². The van der Waals surface area contributed by atoms with E-state index in [1.165, 1.54) is 17.4 Å². The van der Waals surface area contributed by atoms with E-state index in [2.05, 4.69) is 15.6 Å². The number of nitrogens with one attached hydrogen (secondary N) is 2. The summed E-state index contributed by atoms with van der Waals surface area (Å²) in [5.41, 5.74) is 2.38. The Hall–Kier alpha value is -2.79. The predicted octanol–water partition coefficient (Wildman–Crippen LogP) is 5.58. The molecule has 0 spiro atoms. The van der Waals surface area contributed by atoms with E-state index >= 15 is 0 Å². The van der Waals surface area contributed by atoms with Gasteiger partial charge in [0, 0.05) is 12.7 Å². The van der Waals surface area contributed by atoms with Crippen LogP contribution < -0.4 is 10.6 Å². The van der Waals surface area contributed by atoms with Crippen molar-refractivity contribution in [3.63, 3.8) is 0 Å². The number of aromatic nitrogens is 1. The minimum absolute atomic E-state index is 0.00386. The van der Waals surface area contributed by atoms with E-state index in [1.54, 1.807) is 19.1 Å². The van der Waals surface area contributed by atoms with Crippen molar-refractivity contribution in [1.29, 1.82) is 0 Å². The number of anilines is 1.